The largest absolute Gasteiger partial charge is 0.356 e. The quantitative estimate of drug-likeness (QED) is 0.793. The highest BCUT2D eigenvalue weighted by atomic mass is 35.5. The van der Waals surface area contributed by atoms with Crippen LogP contribution in [-0.2, 0) is 11.2 Å². The fraction of sp³-hybridized carbons (Fsp3) is 0.450. The number of hydrogen-bond donors (Lipinski definition) is 1. The summed E-state index contributed by atoms with van der Waals surface area (Å²) < 4.78 is 0. The van der Waals surface area contributed by atoms with E-state index in [1.54, 1.807) is 29.5 Å². The molecule has 0 unspecified atom stereocenters. The summed E-state index contributed by atoms with van der Waals surface area (Å²) >= 11 is 7.67. The van der Waals surface area contributed by atoms with Crippen LogP contribution in [0.2, 0.25) is 5.02 Å². The molecule has 1 aliphatic heterocycles. The number of thiazole rings is 1. The first-order valence-electron chi connectivity index (χ1n) is 9.32. The number of amides is 2. The summed E-state index contributed by atoms with van der Waals surface area (Å²) in [6.45, 7) is 3.91. The van der Waals surface area contributed by atoms with Crippen LogP contribution in [-0.4, -0.2) is 41.3 Å². The van der Waals surface area contributed by atoms with E-state index in [1.165, 1.54) is 0 Å². The van der Waals surface area contributed by atoms with Crippen LogP contribution < -0.4 is 5.32 Å². The molecule has 0 spiro atoms. The van der Waals surface area contributed by atoms with Gasteiger partial charge in [0.1, 0.15) is 0 Å². The fourth-order valence-corrected chi connectivity index (χ4v) is 4.42. The summed E-state index contributed by atoms with van der Waals surface area (Å²) in [5, 5.41) is 6.59. The summed E-state index contributed by atoms with van der Waals surface area (Å²) in [5.41, 5.74) is 1.64. The van der Waals surface area contributed by atoms with Gasteiger partial charge in [-0.1, -0.05) is 24.6 Å². The van der Waals surface area contributed by atoms with E-state index >= 15 is 0 Å². The van der Waals surface area contributed by atoms with Crippen molar-refractivity contribution in [3.05, 3.63) is 50.9 Å². The number of likely N-dealkylation sites (tertiary alicyclic amines) is 1. The number of piperidine rings is 1. The van der Waals surface area contributed by atoms with Gasteiger partial charge in [0, 0.05) is 54.4 Å². The highest BCUT2D eigenvalue weighted by molar-refractivity contribution is 7.09. The Bertz CT molecular complexity index is 808. The van der Waals surface area contributed by atoms with Gasteiger partial charge in [0.15, 0.2) is 0 Å². The minimum Gasteiger partial charge on any atom is -0.356 e. The molecule has 1 aliphatic rings. The number of benzene rings is 1. The zero-order valence-corrected chi connectivity index (χ0v) is 17.0. The third-order valence-electron chi connectivity index (χ3n) is 4.72. The number of carbonyl (C=O) groups excluding carboxylic acids is 2. The highest BCUT2D eigenvalue weighted by Gasteiger charge is 2.27. The number of nitrogens with zero attached hydrogens (tertiary/aromatic N) is 2. The lowest BCUT2D eigenvalue weighted by Crippen LogP contribution is -2.39. The fourth-order valence-electron chi connectivity index (χ4n) is 3.25. The van der Waals surface area contributed by atoms with Gasteiger partial charge in [0.05, 0.1) is 10.7 Å². The van der Waals surface area contributed by atoms with Crippen molar-refractivity contribution < 1.29 is 9.59 Å². The van der Waals surface area contributed by atoms with Crippen LogP contribution >= 0.6 is 22.9 Å². The van der Waals surface area contributed by atoms with Crippen molar-refractivity contribution in [2.75, 3.05) is 19.6 Å². The van der Waals surface area contributed by atoms with Gasteiger partial charge in [-0.05, 0) is 31.0 Å². The third kappa shape index (κ3) is 5.30. The van der Waals surface area contributed by atoms with E-state index in [0.29, 0.717) is 30.1 Å². The number of rotatable bonds is 6. The monoisotopic (exact) mass is 405 g/mol. The number of nitrogens with one attached hydrogen (secondary N) is 1. The van der Waals surface area contributed by atoms with E-state index in [2.05, 4.69) is 10.7 Å². The Balaban J connectivity index is 1.59. The van der Waals surface area contributed by atoms with Gasteiger partial charge in [-0.3, -0.25) is 9.59 Å². The lowest BCUT2D eigenvalue weighted by molar-refractivity contribution is -0.120. The molecule has 0 saturated carbocycles. The van der Waals surface area contributed by atoms with E-state index in [-0.39, 0.29) is 17.7 Å². The number of aromatic nitrogens is 1. The number of halogens is 1. The molecule has 0 radical (unpaired) electrons. The Morgan fingerprint density at radius 2 is 2.26 bits per heavy atom. The smallest absolute Gasteiger partial charge is 0.253 e. The molecule has 0 aliphatic carbocycles. The zero-order valence-electron chi connectivity index (χ0n) is 15.4. The predicted octanol–water partition coefficient (Wildman–Crippen LogP) is 3.89. The summed E-state index contributed by atoms with van der Waals surface area (Å²) in [6.07, 6.45) is 3.25. The maximum atomic E-state index is 12.8. The van der Waals surface area contributed by atoms with Crippen molar-refractivity contribution in [3.63, 3.8) is 0 Å². The van der Waals surface area contributed by atoms with Crippen LogP contribution in [0.5, 0.6) is 0 Å². The Morgan fingerprint density at radius 3 is 3.04 bits per heavy atom. The minimum absolute atomic E-state index is 0.0289. The second-order valence-corrected chi connectivity index (χ2v) is 8.06. The van der Waals surface area contributed by atoms with Gasteiger partial charge >= 0.3 is 0 Å². The van der Waals surface area contributed by atoms with E-state index in [9.17, 15) is 9.59 Å². The maximum Gasteiger partial charge on any atom is 0.253 e. The topological polar surface area (TPSA) is 62.3 Å². The summed E-state index contributed by atoms with van der Waals surface area (Å²) in [7, 11) is 0. The molecule has 7 heteroatoms. The molecule has 0 bridgehead atoms. The van der Waals surface area contributed by atoms with Crippen molar-refractivity contribution in [2.24, 2.45) is 0 Å². The molecule has 144 valence electrons. The van der Waals surface area contributed by atoms with Gasteiger partial charge in [-0.2, -0.15) is 0 Å². The molecule has 3 rings (SSSR count). The van der Waals surface area contributed by atoms with Gasteiger partial charge in [-0.25, -0.2) is 4.98 Å². The van der Waals surface area contributed by atoms with E-state index in [1.807, 2.05) is 17.9 Å². The average molecular weight is 406 g/mol. The SMILES string of the molecule is CCC(=O)NCCc1csc([C@H]2CCCN(C(=O)c3cccc(Cl)c3)C2)n1. The van der Waals surface area contributed by atoms with Crippen molar-refractivity contribution in [2.45, 2.75) is 38.5 Å². The Labute approximate surface area is 168 Å². The minimum atomic E-state index is 0.0289. The molecule has 1 fully saturated rings. The third-order valence-corrected chi connectivity index (χ3v) is 6.01. The first-order valence-corrected chi connectivity index (χ1v) is 10.6. The molecule has 1 saturated heterocycles. The van der Waals surface area contributed by atoms with Crippen LogP contribution in [0.25, 0.3) is 0 Å². The second-order valence-electron chi connectivity index (χ2n) is 6.73. The molecule has 2 amide bonds. The molecule has 2 aromatic rings. The molecule has 27 heavy (non-hydrogen) atoms. The molecular formula is C20H24ClN3O2S. The molecule has 2 heterocycles. The normalized spacial score (nSPS) is 17.0. The van der Waals surface area contributed by atoms with Gasteiger partial charge in [0.2, 0.25) is 5.91 Å². The summed E-state index contributed by atoms with van der Waals surface area (Å²) in [5.74, 6) is 0.361. The first-order chi connectivity index (χ1) is 13.1. The molecule has 1 atom stereocenters. The zero-order chi connectivity index (χ0) is 19.2. The van der Waals surface area contributed by atoms with Gasteiger partial charge in [0.25, 0.3) is 5.91 Å². The Hall–Kier alpha value is -1.92. The molecule has 5 nitrogen and oxygen atoms in total. The lowest BCUT2D eigenvalue weighted by atomic mass is 9.98. The van der Waals surface area contributed by atoms with Crippen molar-refractivity contribution in [1.29, 1.82) is 0 Å². The molecule has 1 N–H and O–H groups in total. The average Bonchev–Trinajstić information content (AvgIpc) is 3.16. The first kappa shape index (κ1) is 19.8. The number of hydrogen-bond acceptors (Lipinski definition) is 4. The van der Waals surface area contributed by atoms with E-state index in [0.717, 1.165) is 36.5 Å². The molecule has 1 aromatic heterocycles. The second kappa shape index (κ2) is 9.33. The van der Waals surface area contributed by atoms with E-state index in [4.69, 9.17) is 16.6 Å². The van der Waals surface area contributed by atoms with Gasteiger partial charge in [-0.15, -0.1) is 11.3 Å². The molecular weight excluding hydrogens is 382 g/mol. The standard InChI is InChI=1S/C20H24ClN3O2S/c1-2-18(25)22-9-8-17-13-27-19(23-17)15-6-4-10-24(12-15)20(26)14-5-3-7-16(21)11-14/h3,5,7,11,13,15H,2,4,6,8-10,12H2,1H3,(H,22,25)/t15-/m0/s1. The Morgan fingerprint density at radius 1 is 1.41 bits per heavy atom. The van der Waals surface area contributed by atoms with Crippen molar-refractivity contribution in [3.8, 4) is 0 Å². The van der Waals surface area contributed by atoms with Crippen LogP contribution in [0.15, 0.2) is 29.6 Å². The van der Waals surface area contributed by atoms with Crippen LogP contribution in [0, 0.1) is 0 Å². The number of carbonyl (C=O) groups is 2. The van der Waals surface area contributed by atoms with Crippen LogP contribution in [0.3, 0.4) is 0 Å². The lowest BCUT2D eigenvalue weighted by Gasteiger charge is -2.32. The van der Waals surface area contributed by atoms with Crippen molar-refractivity contribution in [1.82, 2.24) is 15.2 Å². The van der Waals surface area contributed by atoms with Crippen LogP contribution in [0.4, 0.5) is 0 Å². The van der Waals surface area contributed by atoms with Gasteiger partial charge < -0.3 is 10.2 Å². The predicted molar refractivity (Wildman–Crippen MR) is 108 cm³/mol. The summed E-state index contributed by atoms with van der Waals surface area (Å²) in [4.78, 5) is 30.7. The van der Waals surface area contributed by atoms with E-state index < -0.39 is 0 Å². The maximum absolute atomic E-state index is 12.8. The Kier molecular flexibility index (Phi) is 6.85. The van der Waals surface area contributed by atoms with Crippen molar-refractivity contribution >= 4 is 34.8 Å². The summed E-state index contributed by atoms with van der Waals surface area (Å²) in [6, 6.07) is 7.11. The molecule has 1 aromatic carbocycles. The van der Waals surface area contributed by atoms with Crippen LogP contribution in [0.1, 0.15) is 53.2 Å². The highest BCUT2D eigenvalue weighted by Crippen LogP contribution is 2.30.